The fraction of sp³-hybridized carbons (Fsp3) is 0.412. The molecular weight excluding hydrogens is 294 g/mol. The number of carbonyl (C=O) groups excluding carboxylic acids is 2. The van der Waals surface area contributed by atoms with Crippen molar-refractivity contribution in [1.82, 2.24) is 15.2 Å². The van der Waals surface area contributed by atoms with Gasteiger partial charge < -0.3 is 20.3 Å². The average molecular weight is 315 g/mol. The standard InChI is InChI=1S/C17H21N3O3/c1-11(21)20-10-14(22)9-16(20)17(23)18-7-6-13-8-12-4-2-3-5-15(12)19-13/h2-5,8,14,16,19,22H,6-7,9-10H2,1H3,(H,18,23)/t14-,16+/m0/s1. The highest BCUT2D eigenvalue weighted by molar-refractivity contribution is 5.87. The summed E-state index contributed by atoms with van der Waals surface area (Å²) in [5.74, 6) is -0.384. The van der Waals surface area contributed by atoms with E-state index in [-0.39, 0.29) is 18.4 Å². The quantitative estimate of drug-likeness (QED) is 0.780. The molecule has 0 aliphatic carbocycles. The number of aliphatic hydroxyl groups excluding tert-OH is 1. The van der Waals surface area contributed by atoms with E-state index in [1.165, 1.54) is 11.8 Å². The van der Waals surface area contributed by atoms with Gasteiger partial charge in [0.2, 0.25) is 11.8 Å². The third-order valence-corrected chi connectivity index (χ3v) is 4.27. The Balaban J connectivity index is 1.55. The SMILES string of the molecule is CC(=O)N1C[C@@H](O)C[C@@H]1C(=O)NCCc1cc2ccccc2[nH]1. The van der Waals surface area contributed by atoms with Crippen LogP contribution in [0.25, 0.3) is 10.9 Å². The fourth-order valence-electron chi connectivity index (χ4n) is 3.12. The summed E-state index contributed by atoms with van der Waals surface area (Å²) in [5.41, 5.74) is 2.14. The first kappa shape index (κ1) is 15.6. The molecule has 122 valence electrons. The lowest BCUT2D eigenvalue weighted by molar-refractivity contribution is -0.136. The van der Waals surface area contributed by atoms with Gasteiger partial charge in [-0.05, 0) is 17.5 Å². The maximum atomic E-state index is 12.2. The van der Waals surface area contributed by atoms with Gasteiger partial charge in [-0.1, -0.05) is 18.2 Å². The Labute approximate surface area is 134 Å². The molecule has 1 aliphatic heterocycles. The van der Waals surface area contributed by atoms with Crippen molar-refractivity contribution in [3.8, 4) is 0 Å². The Morgan fingerprint density at radius 3 is 2.91 bits per heavy atom. The lowest BCUT2D eigenvalue weighted by atomic mass is 10.2. The van der Waals surface area contributed by atoms with Gasteiger partial charge in [-0.15, -0.1) is 0 Å². The predicted octanol–water partition coefficient (Wildman–Crippen LogP) is 0.808. The summed E-state index contributed by atoms with van der Waals surface area (Å²) in [7, 11) is 0. The van der Waals surface area contributed by atoms with Crippen LogP contribution in [0.4, 0.5) is 0 Å². The molecule has 6 heteroatoms. The molecule has 0 unspecified atom stereocenters. The van der Waals surface area contributed by atoms with Gasteiger partial charge in [0.15, 0.2) is 0 Å². The van der Waals surface area contributed by atoms with E-state index in [4.69, 9.17) is 0 Å². The second-order valence-corrected chi connectivity index (χ2v) is 6.00. The van der Waals surface area contributed by atoms with Crippen LogP contribution in [0.1, 0.15) is 19.0 Å². The van der Waals surface area contributed by atoms with Crippen LogP contribution in [0.2, 0.25) is 0 Å². The Bertz CT molecular complexity index is 692. The number of carbonyl (C=O) groups is 2. The Hall–Kier alpha value is -2.34. The number of fused-ring (bicyclic) bond motifs is 1. The molecule has 2 amide bonds. The predicted molar refractivity (Wildman–Crippen MR) is 86.8 cm³/mol. The Morgan fingerprint density at radius 1 is 1.39 bits per heavy atom. The van der Waals surface area contributed by atoms with Crippen LogP contribution in [0.3, 0.4) is 0 Å². The summed E-state index contributed by atoms with van der Waals surface area (Å²) in [6.07, 6.45) is 0.372. The average Bonchev–Trinajstić information content (AvgIpc) is 3.10. The van der Waals surface area contributed by atoms with Gasteiger partial charge in [-0.3, -0.25) is 9.59 Å². The molecule has 1 aromatic heterocycles. The number of rotatable bonds is 4. The molecule has 1 saturated heterocycles. The molecular formula is C17H21N3O3. The lowest BCUT2D eigenvalue weighted by Gasteiger charge is -2.21. The van der Waals surface area contributed by atoms with Crippen LogP contribution in [-0.2, 0) is 16.0 Å². The number of benzene rings is 1. The third kappa shape index (κ3) is 3.37. The molecule has 0 saturated carbocycles. The number of H-pyrrole nitrogens is 1. The van der Waals surface area contributed by atoms with Gasteiger partial charge in [0.1, 0.15) is 6.04 Å². The molecule has 0 spiro atoms. The number of aliphatic hydroxyl groups is 1. The monoisotopic (exact) mass is 315 g/mol. The molecule has 6 nitrogen and oxygen atoms in total. The number of likely N-dealkylation sites (tertiary alicyclic amines) is 1. The van der Waals surface area contributed by atoms with Crippen LogP contribution in [0.5, 0.6) is 0 Å². The molecule has 3 N–H and O–H groups in total. The van der Waals surface area contributed by atoms with E-state index in [2.05, 4.69) is 16.4 Å². The number of β-amino-alcohol motifs (C(OH)–C–C–N with tert-alkyl or cyclic N) is 1. The van der Waals surface area contributed by atoms with Crippen LogP contribution in [-0.4, -0.2) is 52.0 Å². The van der Waals surface area contributed by atoms with Crippen LogP contribution < -0.4 is 5.32 Å². The number of para-hydroxylation sites is 1. The van der Waals surface area contributed by atoms with E-state index in [1.807, 2.05) is 24.3 Å². The molecule has 2 heterocycles. The zero-order chi connectivity index (χ0) is 16.4. The van der Waals surface area contributed by atoms with Crippen LogP contribution in [0.15, 0.2) is 30.3 Å². The highest BCUT2D eigenvalue weighted by Gasteiger charge is 2.37. The summed E-state index contributed by atoms with van der Waals surface area (Å²) >= 11 is 0. The number of nitrogens with one attached hydrogen (secondary N) is 2. The van der Waals surface area contributed by atoms with Crippen molar-refractivity contribution in [1.29, 1.82) is 0 Å². The number of hydrogen-bond acceptors (Lipinski definition) is 3. The van der Waals surface area contributed by atoms with Crippen molar-refractivity contribution in [3.05, 3.63) is 36.0 Å². The van der Waals surface area contributed by atoms with E-state index < -0.39 is 12.1 Å². The maximum Gasteiger partial charge on any atom is 0.242 e. The Morgan fingerprint density at radius 2 is 2.17 bits per heavy atom. The first-order chi connectivity index (χ1) is 11.0. The van der Waals surface area contributed by atoms with E-state index in [0.29, 0.717) is 19.4 Å². The molecule has 0 bridgehead atoms. The lowest BCUT2D eigenvalue weighted by Crippen LogP contribution is -2.45. The first-order valence-corrected chi connectivity index (χ1v) is 7.84. The number of aromatic amines is 1. The number of amides is 2. The zero-order valence-corrected chi connectivity index (χ0v) is 13.1. The molecule has 1 aromatic carbocycles. The molecule has 2 aromatic rings. The summed E-state index contributed by atoms with van der Waals surface area (Å²) in [6.45, 7) is 2.14. The highest BCUT2D eigenvalue weighted by atomic mass is 16.3. The van der Waals surface area contributed by atoms with Crippen molar-refractivity contribution < 1.29 is 14.7 Å². The van der Waals surface area contributed by atoms with E-state index in [9.17, 15) is 14.7 Å². The topological polar surface area (TPSA) is 85.4 Å². The normalized spacial score (nSPS) is 20.9. The summed E-state index contributed by atoms with van der Waals surface area (Å²) in [6, 6.07) is 9.53. The fourth-order valence-corrected chi connectivity index (χ4v) is 3.12. The second-order valence-electron chi connectivity index (χ2n) is 6.00. The van der Waals surface area contributed by atoms with E-state index >= 15 is 0 Å². The van der Waals surface area contributed by atoms with Gasteiger partial charge in [0, 0.05) is 44.1 Å². The molecule has 2 atom stereocenters. The van der Waals surface area contributed by atoms with Crippen LogP contribution >= 0.6 is 0 Å². The van der Waals surface area contributed by atoms with Crippen molar-refractivity contribution >= 4 is 22.7 Å². The van der Waals surface area contributed by atoms with Gasteiger partial charge in [-0.2, -0.15) is 0 Å². The van der Waals surface area contributed by atoms with Gasteiger partial charge in [0.05, 0.1) is 6.10 Å². The molecule has 23 heavy (non-hydrogen) atoms. The van der Waals surface area contributed by atoms with Crippen molar-refractivity contribution in [3.63, 3.8) is 0 Å². The van der Waals surface area contributed by atoms with Gasteiger partial charge in [-0.25, -0.2) is 0 Å². The Kier molecular flexibility index (Phi) is 4.34. The van der Waals surface area contributed by atoms with Gasteiger partial charge >= 0.3 is 0 Å². The maximum absolute atomic E-state index is 12.2. The zero-order valence-electron chi connectivity index (χ0n) is 13.1. The smallest absolute Gasteiger partial charge is 0.242 e. The summed E-state index contributed by atoms with van der Waals surface area (Å²) in [4.78, 5) is 28.5. The minimum atomic E-state index is -0.622. The van der Waals surface area contributed by atoms with Crippen molar-refractivity contribution in [2.75, 3.05) is 13.1 Å². The van der Waals surface area contributed by atoms with Crippen molar-refractivity contribution in [2.24, 2.45) is 0 Å². The summed E-state index contributed by atoms with van der Waals surface area (Å²) < 4.78 is 0. The largest absolute Gasteiger partial charge is 0.391 e. The molecule has 1 fully saturated rings. The molecule has 0 radical (unpaired) electrons. The second kappa shape index (κ2) is 6.42. The summed E-state index contributed by atoms with van der Waals surface area (Å²) in [5, 5.41) is 13.7. The number of aromatic nitrogens is 1. The first-order valence-electron chi connectivity index (χ1n) is 7.84. The van der Waals surface area contributed by atoms with Gasteiger partial charge in [0.25, 0.3) is 0 Å². The molecule has 3 rings (SSSR count). The number of hydrogen-bond donors (Lipinski definition) is 3. The van der Waals surface area contributed by atoms with Crippen molar-refractivity contribution in [2.45, 2.75) is 31.9 Å². The minimum absolute atomic E-state index is 0.183. The minimum Gasteiger partial charge on any atom is -0.391 e. The highest BCUT2D eigenvalue weighted by Crippen LogP contribution is 2.18. The number of nitrogens with zero attached hydrogens (tertiary/aromatic N) is 1. The third-order valence-electron chi connectivity index (χ3n) is 4.27. The van der Waals surface area contributed by atoms with Crippen LogP contribution in [0, 0.1) is 0 Å². The molecule has 1 aliphatic rings. The van der Waals surface area contributed by atoms with E-state index in [0.717, 1.165) is 16.6 Å². The van der Waals surface area contributed by atoms with E-state index in [1.54, 1.807) is 0 Å².